The molecule has 0 atom stereocenters. The van der Waals surface area contributed by atoms with Gasteiger partial charge >= 0.3 is 0 Å². The summed E-state index contributed by atoms with van der Waals surface area (Å²) in [6.07, 6.45) is 2.40. The normalized spacial score (nSPS) is 15.2. The highest BCUT2D eigenvalue weighted by Crippen LogP contribution is 2.32. The van der Waals surface area contributed by atoms with Crippen LogP contribution in [-0.2, 0) is 0 Å². The average Bonchev–Trinajstić information content (AvgIpc) is 2.59. The average molecular weight is 402 g/mol. The van der Waals surface area contributed by atoms with Crippen molar-refractivity contribution >= 4 is 38.9 Å². The van der Waals surface area contributed by atoms with E-state index >= 15 is 0 Å². The number of rotatable bonds is 3. The molecule has 0 saturated carbocycles. The molecule has 0 aliphatic carbocycles. The van der Waals surface area contributed by atoms with Gasteiger partial charge in [0, 0.05) is 28.8 Å². The SMILES string of the molecule is Cc1cc(N)c(NC(=O)c2ccc(Br)cc2)cc1N1CCC(C)CC1. The van der Waals surface area contributed by atoms with Gasteiger partial charge in [-0.2, -0.15) is 0 Å². The maximum Gasteiger partial charge on any atom is 0.255 e. The van der Waals surface area contributed by atoms with Gasteiger partial charge in [0.1, 0.15) is 0 Å². The fourth-order valence-corrected chi connectivity index (χ4v) is 3.48. The van der Waals surface area contributed by atoms with Gasteiger partial charge in [-0.15, -0.1) is 0 Å². The number of piperidine rings is 1. The van der Waals surface area contributed by atoms with E-state index in [0.29, 0.717) is 16.9 Å². The standard InChI is InChI=1S/C20H24BrN3O/c1-13-7-9-24(10-8-13)19-12-18(17(22)11-14(19)2)23-20(25)15-3-5-16(21)6-4-15/h3-6,11-13H,7-10,22H2,1-2H3,(H,23,25). The molecule has 0 spiro atoms. The van der Waals surface area contributed by atoms with Gasteiger partial charge in [-0.25, -0.2) is 0 Å². The van der Waals surface area contributed by atoms with Crippen molar-refractivity contribution in [3.8, 4) is 0 Å². The molecule has 0 radical (unpaired) electrons. The number of amides is 1. The van der Waals surface area contributed by atoms with Gasteiger partial charge in [0.25, 0.3) is 5.91 Å². The van der Waals surface area contributed by atoms with Gasteiger partial charge in [-0.1, -0.05) is 22.9 Å². The highest BCUT2D eigenvalue weighted by Gasteiger charge is 2.19. The number of nitrogen functional groups attached to an aromatic ring is 1. The Morgan fingerprint density at radius 3 is 2.48 bits per heavy atom. The molecule has 1 fully saturated rings. The smallest absolute Gasteiger partial charge is 0.255 e. The van der Waals surface area contributed by atoms with E-state index in [2.05, 4.69) is 40.0 Å². The van der Waals surface area contributed by atoms with Gasteiger partial charge < -0.3 is 16.0 Å². The van der Waals surface area contributed by atoms with E-state index in [1.165, 1.54) is 12.8 Å². The Hall–Kier alpha value is -2.01. The maximum absolute atomic E-state index is 12.5. The lowest BCUT2D eigenvalue weighted by Gasteiger charge is -2.33. The van der Waals surface area contributed by atoms with Crippen molar-refractivity contribution in [1.82, 2.24) is 0 Å². The van der Waals surface area contributed by atoms with Crippen LogP contribution in [0.4, 0.5) is 17.1 Å². The first kappa shape index (κ1) is 17.8. The molecule has 3 N–H and O–H groups in total. The second-order valence-corrected chi connectivity index (χ2v) is 7.77. The Bertz CT molecular complexity index is 765. The molecule has 1 aliphatic rings. The molecule has 0 aromatic heterocycles. The summed E-state index contributed by atoms with van der Waals surface area (Å²) in [6.45, 7) is 6.47. The lowest BCUT2D eigenvalue weighted by molar-refractivity contribution is 0.102. The molecular weight excluding hydrogens is 378 g/mol. The fraction of sp³-hybridized carbons (Fsp3) is 0.350. The molecule has 2 aromatic rings. The van der Waals surface area contributed by atoms with Crippen LogP contribution >= 0.6 is 15.9 Å². The Morgan fingerprint density at radius 2 is 1.84 bits per heavy atom. The summed E-state index contributed by atoms with van der Waals surface area (Å²) in [6, 6.07) is 11.2. The molecule has 0 bridgehead atoms. The van der Waals surface area contributed by atoms with Crippen LogP contribution in [0, 0.1) is 12.8 Å². The minimum Gasteiger partial charge on any atom is -0.397 e. The predicted molar refractivity (Wildman–Crippen MR) is 108 cm³/mol. The maximum atomic E-state index is 12.5. The molecule has 4 nitrogen and oxygen atoms in total. The summed E-state index contributed by atoms with van der Waals surface area (Å²) in [5, 5.41) is 2.96. The van der Waals surface area contributed by atoms with E-state index in [0.717, 1.165) is 34.7 Å². The number of hydrogen-bond donors (Lipinski definition) is 2. The van der Waals surface area contributed by atoms with Crippen LogP contribution < -0.4 is 16.0 Å². The number of nitrogens with zero attached hydrogens (tertiary/aromatic N) is 1. The van der Waals surface area contributed by atoms with Crippen molar-refractivity contribution in [2.24, 2.45) is 5.92 Å². The van der Waals surface area contributed by atoms with Crippen LogP contribution in [0.25, 0.3) is 0 Å². The first-order valence-corrected chi connectivity index (χ1v) is 9.45. The summed E-state index contributed by atoms with van der Waals surface area (Å²) >= 11 is 3.38. The zero-order chi connectivity index (χ0) is 18.0. The summed E-state index contributed by atoms with van der Waals surface area (Å²) < 4.78 is 0.945. The predicted octanol–water partition coefficient (Wildman–Crippen LogP) is 4.83. The molecule has 2 aromatic carbocycles. The quantitative estimate of drug-likeness (QED) is 0.724. The number of carbonyl (C=O) groups excluding carboxylic acids is 1. The molecule has 1 saturated heterocycles. The van der Waals surface area contributed by atoms with E-state index in [1.807, 2.05) is 24.3 Å². The summed E-state index contributed by atoms with van der Waals surface area (Å²) in [5.41, 5.74) is 10.3. The third-order valence-corrected chi connectivity index (χ3v) is 5.38. The van der Waals surface area contributed by atoms with Gasteiger partial charge in [0.15, 0.2) is 0 Å². The van der Waals surface area contributed by atoms with Gasteiger partial charge in [0.05, 0.1) is 11.4 Å². The van der Waals surface area contributed by atoms with Gasteiger partial charge in [-0.05, 0) is 67.6 Å². The van der Waals surface area contributed by atoms with Crippen LogP contribution in [0.15, 0.2) is 40.9 Å². The zero-order valence-electron chi connectivity index (χ0n) is 14.7. The lowest BCUT2D eigenvalue weighted by Crippen LogP contribution is -2.33. The van der Waals surface area contributed by atoms with Gasteiger partial charge in [0.2, 0.25) is 0 Å². The topological polar surface area (TPSA) is 58.4 Å². The minimum atomic E-state index is -0.152. The number of nitrogens with one attached hydrogen (secondary N) is 1. The van der Waals surface area contributed by atoms with Crippen LogP contribution in [0.5, 0.6) is 0 Å². The number of benzene rings is 2. The van der Waals surface area contributed by atoms with Crippen molar-refractivity contribution in [2.75, 3.05) is 29.0 Å². The number of anilines is 3. The molecule has 0 unspecified atom stereocenters. The number of halogens is 1. The second-order valence-electron chi connectivity index (χ2n) is 6.86. The Morgan fingerprint density at radius 1 is 1.20 bits per heavy atom. The second kappa shape index (κ2) is 7.48. The van der Waals surface area contributed by atoms with E-state index in [9.17, 15) is 4.79 Å². The van der Waals surface area contributed by atoms with Crippen LogP contribution in [-0.4, -0.2) is 19.0 Å². The number of carbonyl (C=O) groups is 1. The Labute approximate surface area is 157 Å². The van der Waals surface area contributed by atoms with Gasteiger partial charge in [-0.3, -0.25) is 4.79 Å². The molecule has 1 amide bonds. The van der Waals surface area contributed by atoms with Crippen molar-refractivity contribution in [3.63, 3.8) is 0 Å². The number of nitrogens with two attached hydrogens (primary N) is 1. The van der Waals surface area contributed by atoms with E-state index in [-0.39, 0.29) is 5.91 Å². The van der Waals surface area contributed by atoms with E-state index < -0.39 is 0 Å². The molecule has 1 aliphatic heterocycles. The number of hydrogen-bond acceptors (Lipinski definition) is 3. The monoisotopic (exact) mass is 401 g/mol. The van der Waals surface area contributed by atoms with E-state index in [4.69, 9.17) is 5.73 Å². The van der Waals surface area contributed by atoms with Crippen LogP contribution in [0.3, 0.4) is 0 Å². The molecule has 5 heteroatoms. The van der Waals surface area contributed by atoms with Crippen molar-refractivity contribution < 1.29 is 4.79 Å². The first-order valence-electron chi connectivity index (χ1n) is 8.66. The summed E-state index contributed by atoms with van der Waals surface area (Å²) in [5.74, 6) is 0.628. The largest absolute Gasteiger partial charge is 0.397 e. The third-order valence-electron chi connectivity index (χ3n) is 4.85. The van der Waals surface area contributed by atoms with E-state index in [1.54, 1.807) is 12.1 Å². The van der Waals surface area contributed by atoms with Crippen LogP contribution in [0.1, 0.15) is 35.7 Å². The molecule has 3 rings (SSSR count). The van der Waals surface area contributed by atoms with Crippen LogP contribution in [0.2, 0.25) is 0 Å². The molecule has 25 heavy (non-hydrogen) atoms. The Kier molecular flexibility index (Phi) is 5.33. The molecule has 132 valence electrons. The summed E-state index contributed by atoms with van der Waals surface area (Å²) in [4.78, 5) is 14.9. The highest BCUT2D eigenvalue weighted by molar-refractivity contribution is 9.10. The zero-order valence-corrected chi connectivity index (χ0v) is 16.3. The lowest BCUT2D eigenvalue weighted by atomic mass is 9.98. The van der Waals surface area contributed by atoms with Crippen molar-refractivity contribution in [2.45, 2.75) is 26.7 Å². The minimum absolute atomic E-state index is 0.152. The first-order chi connectivity index (χ1) is 11.9. The molecule has 1 heterocycles. The Balaban J connectivity index is 1.82. The summed E-state index contributed by atoms with van der Waals surface area (Å²) in [7, 11) is 0. The highest BCUT2D eigenvalue weighted by atomic mass is 79.9. The number of aryl methyl sites for hydroxylation is 1. The van der Waals surface area contributed by atoms with Crippen molar-refractivity contribution in [1.29, 1.82) is 0 Å². The van der Waals surface area contributed by atoms with Crippen molar-refractivity contribution in [3.05, 3.63) is 52.0 Å². The molecular formula is C20H24BrN3O. The fourth-order valence-electron chi connectivity index (χ4n) is 3.21. The third kappa shape index (κ3) is 4.15.